The fraction of sp³-hybridized carbons (Fsp3) is 1.00. The SMILES string of the molecule is CCC1CCCNC1CNS(=O)(=O)NC(C)(C)C. The first-order valence-corrected chi connectivity index (χ1v) is 8.24. The molecule has 5 nitrogen and oxygen atoms in total. The molecule has 0 spiro atoms. The average Bonchev–Trinajstić information content (AvgIpc) is 2.23. The van der Waals surface area contributed by atoms with Crippen LogP contribution in [0.3, 0.4) is 0 Å². The molecule has 0 radical (unpaired) electrons. The Labute approximate surface area is 111 Å². The van der Waals surface area contributed by atoms with Crippen LogP contribution in [0, 0.1) is 5.92 Å². The van der Waals surface area contributed by atoms with E-state index >= 15 is 0 Å². The van der Waals surface area contributed by atoms with Crippen LogP contribution in [-0.2, 0) is 10.2 Å². The normalized spacial score (nSPS) is 26.2. The van der Waals surface area contributed by atoms with Crippen LogP contribution in [-0.4, -0.2) is 33.1 Å². The monoisotopic (exact) mass is 277 g/mol. The van der Waals surface area contributed by atoms with Gasteiger partial charge in [0.25, 0.3) is 10.2 Å². The summed E-state index contributed by atoms with van der Waals surface area (Å²) in [6.45, 7) is 9.10. The van der Waals surface area contributed by atoms with E-state index in [1.807, 2.05) is 20.8 Å². The zero-order valence-corrected chi connectivity index (χ0v) is 12.7. The zero-order chi connectivity index (χ0) is 13.8. The number of rotatable bonds is 5. The standard InChI is InChI=1S/C12H27N3O2S/c1-5-10-7-6-8-13-11(10)9-14-18(16,17)15-12(2,3)4/h10-11,13-15H,5-9H2,1-4H3. The number of hydrogen-bond acceptors (Lipinski definition) is 3. The molecule has 0 aromatic heterocycles. The van der Waals surface area contributed by atoms with Gasteiger partial charge in [0.2, 0.25) is 0 Å². The van der Waals surface area contributed by atoms with E-state index in [0.717, 1.165) is 13.0 Å². The third kappa shape index (κ3) is 5.65. The summed E-state index contributed by atoms with van der Waals surface area (Å²) in [7, 11) is -3.41. The zero-order valence-electron chi connectivity index (χ0n) is 11.9. The lowest BCUT2D eigenvalue weighted by atomic mass is 9.89. The van der Waals surface area contributed by atoms with Gasteiger partial charge in [0.05, 0.1) is 0 Å². The highest BCUT2D eigenvalue weighted by Crippen LogP contribution is 2.19. The predicted molar refractivity (Wildman–Crippen MR) is 74.6 cm³/mol. The maximum Gasteiger partial charge on any atom is 0.277 e. The Morgan fingerprint density at radius 2 is 2.00 bits per heavy atom. The van der Waals surface area contributed by atoms with Crippen LogP contribution in [0.5, 0.6) is 0 Å². The van der Waals surface area contributed by atoms with Crippen molar-refractivity contribution in [3.8, 4) is 0 Å². The smallest absolute Gasteiger partial charge is 0.277 e. The summed E-state index contributed by atoms with van der Waals surface area (Å²) in [5, 5.41) is 3.40. The predicted octanol–water partition coefficient (Wildman–Crippen LogP) is 0.987. The van der Waals surface area contributed by atoms with Crippen molar-refractivity contribution in [2.24, 2.45) is 5.92 Å². The molecule has 1 heterocycles. The van der Waals surface area contributed by atoms with Crippen LogP contribution >= 0.6 is 0 Å². The molecular formula is C12H27N3O2S. The van der Waals surface area contributed by atoms with Gasteiger partial charge < -0.3 is 5.32 Å². The van der Waals surface area contributed by atoms with Crippen LogP contribution < -0.4 is 14.8 Å². The van der Waals surface area contributed by atoms with E-state index in [0.29, 0.717) is 12.5 Å². The van der Waals surface area contributed by atoms with Gasteiger partial charge in [-0.1, -0.05) is 13.3 Å². The maximum atomic E-state index is 11.8. The van der Waals surface area contributed by atoms with Crippen molar-refractivity contribution in [1.29, 1.82) is 0 Å². The van der Waals surface area contributed by atoms with E-state index in [-0.39, 0.29) is 6.04 Å². The fourth-order valence-electron chi connectivity index (χ4n) is 2.39. The third-order valence-corrected chi connectivity index (χ3v) is 4.61. The van der Waals surface area contributed by atoms with Crippen molar-refractivity contribution >= 4 is 10.2 Å². The molecule has 2 atom stereocenters. The molecule has 2 unspecified atom stereocenters. The molecule has 6 heteroatoms. The molecule has 1 saturated heterocycles. The lowest BCUT2D eigenvalue weighted by molar-refractivity contribution is 0.272. The van der Waals surface area contributed by atoms with Gasteiger partial charge in [0.1, 0.15) is 0 Å². The summed E-state index contributed by atoms with van der Waals surface area (Å²) in [6.07, 6.45) is 3.46. The highest BCUT2D eigenvalue weighted by molar-refractivity contribution is 7.87. The first-order chi connectivity index (χ1) is 8.23. The topological polar surface area (TPSA) is 70.2 Å². The van der Waals surface area contributed by atoms with Gasteiger partial charge >= 0.3 is 0 Å². The molecule has 1 rings (SSSR count). The van der Waals surface area contributed by atoms with Crippen molar-refractivity contribution in [1.82, 2.24) is 14.8 Å². The van der Waals surface area contributed by atoms with Crippen LogP contribution in [0.25, 0.3) is 0 Å². The minimum Gasteiger partial charge on any atom is -0.312 e. The summed E-state index contributed by atoms with van der Waals surface area (Å²) in [5.41, 5.74) is -0.448. The number of nitrogens with one attached hydrogen (secondary N) is 3. The van der Waals surface area contributed by atoms with Crippen LogP contribution in [0.2, 0.25) is 0 Å². The number of piperidine rings is 1. The quantitative estimate of drug-likeness (QED) is 0.702. The van der Waals surface area contributed by atoms with Crippen molar-refractivity contribution < 1.29 is 8.42 Å². The fourth-order valence-corrected chi connectivity index (χ4v) is 3.66. The van der Waals surface area contributed by atoms with E-state index in [1.165, 1.54) is 12.8 Å². The molecule has 0 aromatic rings. The summed E-state index contributed by atoms with van der Waals surface area (Å²) < 4.78 is 28.9. The average molecular weight is 277 g/mol. The van der Waals surface area contributed by atoms with Crippen LogP contribution in [0.4, 0.5) is 0 Å². The van der Waals surface area contributed by atoms with E-state index < -0.39 is 15.7 Å². The molecule has 108 valence electrons. The van der Waals surface area contributed by atoms with Crippen molar-refractivity contribution in [2.45, 2.75) is 58.5 Å². The van der Waals surface area contributed by atoms with Crippen LogP contribution in [0.1, 0.15) is 47.0 Å². The molecule has 1 fully saturated rings. The largest absolute Gasteiger partial charge is 0.312 e. The molecule has 0 aliphatic carbocycles. The van der Waals surface area contributed by atoms with Gasteiger partial charge in [-0.15, -0.1) is 0 Å². The van der Waals surface area contributed by atoms with Crippen molar-refractivity contribution in [2.75, 3.05) is 13.1 Å². The van der Waals surface area contributed by atoms with Crippen molar-refractivity contribution in [3.05, 3.63) is 0 Å². The Bertz CT molecular complexity index is 349. The second-order valence-corrected chi connectivity index (χ2v) is 7.57. The second kappa shape index (κ2) is 6.32. The van der Waals surface area contributed by atoms with Gasteiger partial charge in [0, 0.05) is 18.1 Å². The highest BCUT2D eigenvalue weighted by Gasteiger charge is 2.26. The van der Waals surface area contributed by atoms with Gasteiger partial charge in [-0.2, -0.15) is 13.1 Å². The summed E-state index contributed by atoms with van der Waals surface area (Å²) in [5.74, 6) is 0.566. The molecule has 0 amide bonds. The van der Waals surface area contributed by atoms with Gasteiger partial charge in [-0.05, 0) is 46.1 Å². The summed E-state index contributed by atoms with van der Waals surface area (Å²) >= 11 is 0. The summed E-state index contributed by atoms with van der Waals surface area (Å²) in [4.78, 5) is 0. The first kappa shape index (κ1) is 15.9. The molecule has 18 heavy (non-hydrogen) atoms. The summed E-state index contributed by atoms with van der Waals surface area (Å²) in [6, 6.07) is 0.250. The Hall–Kier alpha value is -0.170. The minimum atomic E-state index is -3.41. The van der Waals surface area contributed by atoms with Crippen molar-refractivity contribution in [3.63, 3.8) is 0 Å². The minimum absolute atomic E-state index is 0.250. The lowest BCUT2D eigenvalue weighted by Crippen LogP contribution is -2.53. The molecule has 0 bridgehead atoms. The molecule has 1 aliphatic rings. The lowest BCUT2D eigenvalue weighted by Gasteiger charge is -2.32. The molecule has 0 saturated carbocycles. The number of hydrogen-bond donors (Lipinski definition) is 3. The third-order valence-electron chi connectivity index (χ3n) is 3.19. The van der Waals surface area contributed by atoms with E-state index in [2.05, 4.69) is 21.7 Å². The molecule has 0 aromatic carbocycles. The Balaban J connectivity index is 2.48. The van der Waals surface area contributed by atoms with Crippen LogP contribution in [0.15, 0.2) is 0 Å². The van der Waals surface area contributed by atoms with Gasteiger partial charge in [-0.3, -0.25) is 0 Å². The van der Waals surface area contributed by atoms with Gasteiger partial charge in [-0.25, -0.2) is 4.72 Å². The Kier molecular flexibility index (Phi) is 5.58. The first-order valence-electron chi connectivity index (χ1n) is 6.75. The van der Waals surface area contributed by atoms with E-state index in [9.17, 15) is 8.42 Å². The van der Waals surface area contributed by atoms with Gasteiger partial charge in [0.15, 0.2) is 0 Å². The Morgan fingerprint density at radius 3 is 2.56 bits per heavy atom. The maximum absolute atomic E-state index is 11.8. The van der Waals surface area contributed by atoms with E-state index in [4.69, 9.17) is 0 Å². The Morgan fingerprint density at radius 1 is 1.33 bits per heavy atom. The molecule has 3 N–H and O–H groups in total. The molecule has 1 aliphatic heterocycles. The highest BCUT2D eigenvalue weighted by atomic mass is 32.2. The second-order valence-electron chi connectivity index (χ2n) is 6.08. The molecular weight excluding hydrogens is 250 g/mol. The van der Waals surface area contributed by atoms with E-state index in [1.54, 1.807) is 0 Å².